The molecule has 32 heavy (non-hydrogen) atoms. The summed E-state index contributed by atoms with van der Waals surface area (Å²) in [5, 5.41) is 0. The highest BCUT2D eigenvalue weighted by molar-refractivity contribution is 5.81. The molecule has 7 heteroatoms. The number of likely N-dealkylation sites (N-methyl/N-ethyl adjacent to an activating group) is 1. The standard InChI is InChI=1S/C25H33N3O4/c1-26-19-24(29)28(12-11-20-3-7-22(30-2)8-4-20)25(26)21-5-9-23(10-6-21)32-18-15-27-13-16-31-17-14-27/h3-10,25H,11-19H2,1-2H3. The second-order valence-corrected chi connectivity index (χ2v) is 8.35. The summed E-state index contributed by atoms with van der Waals surface area (Å²) in [6.07, 6.45) is 0.756. The molecule has 0 spiro atoms. The van der Waals surface area contributed by atoms with Crippen molar-refractivity contribution in [1.29, 1.82) is 0 Å². The second-order valence-electron chi connectivity index (χ2n) is 8.35. The van der Waals surface area contributed by atoms with Gasteiger partial charge in [-0.25, -0.2) is 0 Å². The number of benzene rings is 2. The van der Waals surface area contributed by atoms with Crippen molar-refractivity contribution in [2.75, 3.05) is 66.7 Å². The fourth-order valence-electron chi connectivity index (χ4n) is 4.34. The summed E-state index contributed by atoms with van der Waals surface area (Å²) in [6.45, 7) is 6.23. The maximum Gasteiger partial charge on any atom is 0.238 e. The molecule has 2 heterocycles. The monoisotopic (exact) mass is 439 g/mol. The number of nitrogens with zero attached hydrogens (tertiary/aromatic N) is 3. The van der Waals surface area contributed by atoms with E-state index in [0.29, 0.717) is 19.7 Å². The molecule has 2 aromatic rings. The van der Waals surface area contributed by atoms with Crippen LogP contribution in [0, 0.1) is 0 Å². The Hall–Kier alpha value is -2.61. The van der Waals surface area contributed by atoms with Crippen molar-refractivity contribution in [3.8, 4) is 11.5 Å². The molecule has 4 rings (SSSR count). The van der Waals surface area contributed by atoms with E-state index in [4.69, 9.17) is 14.2 Å². The number of carbonyl (C=O) groups is 1. The molecule has 0 radical (unpaired) electrons. The van der Waals surface area contributed by atoms with Gasteiger partial charge in [-0.1, -0.05) is 24.3 Å². The first-order valence-corrected chi connectivity index (χ1v) is 11.3. The Balaban J connectivity index is 1.33. The third-order valence-electron chi connectivity index (χ3n) is 6.18. The molecule has 1 atom stereocenters. The van der Waals surface area contributed by atoms with Gasteiger partial charge in [0.05, 0.1) is 26.9 Å². The van der Waals surface area contributed by atoms with Crippen LogP contribution in [0.25, 0.3) is 0 Å². The maximum absolute atomic E-state index is 12.7. The highest BCUT2D eigenvalue weighted by Gasteiger charge is 2.36. The normalized spacial score (nSPS) is 20.0. The Kier molecular flexibility index (Phi) is 7.63. The van der Waals surface area contributed by atoms with Crippen molar-refractivity contribution in [2.45, 2.75) is 12.6 Å². The molecule has 0 aromatic heterocycles. The molecule has 172 valence electrons. The van der Waals surface area contributed by atoms with Gasteiger partial charge in [0.15, 0.2) is 0 Å². The lowest BCUT2D eigenvalue weighted by Crippen LogP contribution is -2.38. The van der Waals surface area contributed by atoms with Crippen LogP contribution in [-0.4, -0.2) is 87.3 Å². The first-order chi connectivity index (χ1) is 15.6. The molecule has 2 aliphatic rings. The van der Waals surface area contributed by atoms with E-state index in [1.54, 1.807) is 7.11 Å². The minimum Gasteiger partial charge on any atom is -0.497 e. The van der Waals surface area contributed by atoms with Gasteiger partial charge < -0.3 is 19.1 Å². The smallest absolute Gasteiger partial charge is 0.238 e. The fourth-order valence-corrected chi connectivity index (χ4v) is 4.34. The first kappa shape index (κ1) is 22.6. The molecule has 0 bridgehead atoms. The lowest BCUT2D eigenvalue weighted by Gasteiger charge is -2.28. The predicted molar refractivity (Wildman–Crippen MR) is 123 cm³/mol. The summed E-state index contributed by atoms with van der Waals surface area (Å²) in [5.41, 5.74) is 2.30. The van der Waals surface area contributed by atoms with Crippen LogP contribution in [-0.2, 0) is 16.0 Å². The molecule has 1 amide bonds. The molecule has 2 saturated heterocycles. The lowest BCUT2D eigenvalue weighted by atomic mass is 10.1. The third kappa shape index (κ3) is 5.59. The molecule has 2 fully saturated rings. The SMILES string of the molecule is COc1ccc(CCN2C(=O)CN(C)C2c2ccc(OCCN3CCOCC3)cc2)cc1. The molecule has 0 N–H and O–H groups in total. The van der Waals surface area contributed by atoms with Gasteiger partial charge in [0.1, 0.15) is 24.3 Å². The molecule has 2 aromatic carbocycles. The van der Waals surface area contributed by atoms with Crippen LogP contribution in [0.1, 0.15) is 17.3 Å². The highest BCUT2D eigenvalue weighted by Crippen LogP contribution is 2.30. The van der Waals surface area contributed by atoms with Gasteiger partial charge in [0.2, 0.25) is 5.91 Å². The van der Waals surface area contributed by atoms with Crippen LogP contribution >= 0.6 is 0 Å². The molecule has 1 unspecified atom stereocenters. The van der Waals surface area contributed by atoms with Gasteiger partial charge in [-0.15, -0.1) is 0 Å². The Labute approximate surface area is 190 Å². The van der Waals surface area contributed by atoms with E-state index < -0.39 is 0 Å². The number of hydrogen-bond acceptors (Lipinski definition) is 6. The Morgan fingerprint density at radius 3 is 2.34 bits per heavy atom. The minimum absolute atomic E-state index is 0.0526. The van der Waals surface area contributed by atoms with Crippen molar-refractivity contribution in [3.63, 3.8) is 0 Å². The average molecular weight is 440 g/mol. The van der Waals surface area contributed by atoms with Crippen molar-refractivity contribution in [3.05, 3.63) is 59.7 Å². The zero-order valence-corrected chi connectivity index (χ0v) is 19.0. The molecular weight excluding hydrogens is 406 g/mol. The van der Waals surface area contributed by atoms with Gasteiger partial charge in [-0.3, -0.25) is 14.6 Å². The van der Waals surface area contributed by atoms with E-state index in [9.17, 15) is 4.79 Å². The maximum atomic E-state index is 12.7. The topological polar surface area (TPSA) is 54.5 Å². The summed E-state index contributed by atoms with van der Waals surface area (Å²) < 4.78 is 16.6. The fraction of sp³-hybridized carbons (Fsp3) is 0.480. The van der Waals surface area contributed by atoms with E-state index in [1.807, 2.05) is 36.2 Å². The van der Waals surface area contributed by atoms with E-state index in [0.717, 1.165) is 56.3 Å². The number of methoxy groups -OCH3 is 1. The zero-order valence-electron chi connectivity index (χ0n) is 19.0. The molecule has 7 nitrogen and oxygen atoms in total. The summed E-state index contributed by atoms with van der Waals surface area (Å²) in [6, 6.07) is 16.2. The zero-order chi connectivity index (χ0) is 22.3. The van der Waals surface area contributed by atoms with Gasteiger partial charge in [-0.05, 0) is 48.9 Å². The van der Waals surface area contributed by atoms with Crippen LogP contribution in [0.3, 0.4) is 0 Å². The summed E-state index contributed by atoms with van der Waals surface area (Å²) in [4.78, 5) is 19.1. The first-order valence-electron chi connectivity index (χ1n) is 11.3. The average Bonchev–Trinajstić information content (AvgIpc) is 3.12. The van der Waals surface area contributed by atoms with Crippen LogP contribution in [0.4, 0.5) is 0 Å². The van der Waals surface area contributed by atoms with Crippen LogP contribution in [0.15, 0.2) is 48.5 Å². The molecule has 2 aliphatic heterocycles. The summed E-state index contributed by atoms with van der Waals surface area (Å²) in [7, 11) is 3.67. The van der Waals surface area contributed by atoms with E-state index in [2.05, 4.69) is 34.1 Å². The van der Waals surface area contributed by atoms with Crippen LogP contribution in [0.2, 0.25) is 0 Å². The lowest BCUT2D eigenvalue weighted by molar-refractivity contribution is -0.128. The number of rotatable bonds is 9. The van der Waals surface area contributed by atoms with Crippen LogP contribution < -0.4 is 9.47 Å². The van der Waals surface area contributed by atoms with Crippen molar-refractivity contribution < 1.29 is 19.0 Å². The van der Waals surface area contributed by atoms with Gasteiger partial charge in [-0.2, -0.15) is 0 Å². The summed E-state index contributed by atoms with van der Waals surface area (Å²) in [5.74, 6) is 1.87. The van der Waals surface area contributed by atoms with Crippen molar-refractivity contribution >= 4 is 5.91 Å². The number of ether oxygens (including phenoxy) is 3. The van der Waals surface area contributed by atoms with E-state index >= 15 is 0 Å². The van der Waals surface area contributed by atoms with E-state index in [-0.39, 0.29) is 12.1 Å². The van der Waals surface area contributed by atoms with Crippen molar-refractivity contribution in [2.24, 2.45) is 0 Å². The predicted octanol–water partition coefficient (Wildman–Crippen LogP) is 2.42. The number of morpholine rings is 1. The van der Waals surface area contributed by atoms with Crippen molar-refractivity contribution in [1.82, 2.24) is 14.7 Å². The summed E-state index contributed by atoms with van der Waals surface area (Å²) >= 11 is 0. The van der Waals surface area contributed by atoms with Gasteiger partial charge in [0.25, 0.3) is 0 Å². The van der Waals surface area contributed by atoms with Gasteiger partial charge >= 0.3 is 0 Å². The molecule has 0 aliphatic carbocycles. The largest absolute Gasteiger partial charge is 0.497 e. The number of hydrogen-bond donors (Lipinski definition) is 0. The number of amides is 1. The minimum atomic E-state index is -0.0526. The van der Waals surface area contributed by atoms with E-state index in [1.165, 1.54) is 5.56 Å². The molecule has 0 saturated carbocycles. The number of carbonyl (C=O) groups excluding carboxylic acids is 1. The second kappa shape index (κ2) is 10.8. The Morgan fingerprint density at radius 2 is 1.66 bits per heavy atom. The highest BCUT2D eigenvalue weighted by atomic mass is 16.5. The van der Waals surface area contributed by atoms with Crippen LogP contribution in [0.5, 0.6) is 11.5 Å². The quantitative estimate of drug-likeness (QED) is 0.598. The van der Waals surface area contributed by atoms with Gasteiger partial charge in [0, 0.05) is 26.2 Å². The molecular formula is C25H33N3O4. The Bertz CT molecular complexity index is 866. The Morgan fingerprint density at radius 1 is 0.969 bits per heavy atom. The third-order valence-corrected chi connectivity index (χ3v) is 6.18.